The lowest BCUT2D eigenvalue weighted by molar-refractivity contribution is 0.0347. The highest BCUT2D eigenvalue weighted by Gasteiger charge is 2.43. The topological polar surface area (TPSA) is 45.0 Å². The third-order valence-corrected chi connectivity index (χ3v) is 2.13. The first-order valence-electron chi connectivity index (χ1n) is 3.78. The zero-order chi connectivity index (χ0) is 8.54. The molecule has 3 heteroatoms. The number of nitrogens with zero attached hydrogens (tertiary/aromatic N) is 1. The van der Waals surface area contributed by atoms with Crippen molar-refractivity contribution in [3.63, 3.8) is 0 Å². The molecule has 0 aliphatic carbocycles. The van der Waals surface area contributed by atoms with Gasteiger partial charge in [0.1, 0.15) is 5.54 Å². The Hall–Kier alpha value is -0.590. The number of ether oxygens (including phenoxy) is 1. The van der Waals surface area contributed by atoms with Gasteiger partial charge in [-0.05, 0) is 20.9 Å². The average Bonchev–Trinajstić information content (AvgIpc) is 2.28. The molecule has 1 heterocycles. The van der Waals surface area contributed by atoms with Crippen LogP contribution in [0.25, 0.3) is 0 Å². The monoisotopic (exact) mass is 154 g/mol. The molecule has 0 aromatic carbocycles. The summed E-state index contributed by atoms with van der Waals surface area (Å²) in [6.07, 6.45) is 0.757. The maximum absolute atomic E-state index is 8.86. The standard InChI is InChI=1S/C8H14N2O/c1-7(2)4-8(5-9,10-3)6-11-7/h10H,4,6H2,1-3H3. The Bertz CT molecular complexity index is 195. The van der Waals surface area contributed by atoms with E-state index in [-0.39, 0.29) is 5.60 Å². The second-order valence-corrected chi connectivity index (χ2v) is 3.67. The average molecular weight is 154 g/mol. The van der Waals surface area contributed by atoms with Crippen LogP contribution in [0.15, 0.2) is 0 Å². The van der Waals surface area contributed by atoms with Crippen LogP contribution in [0.2, 0.25) is 0 Å². The number of hydrogen-bond acceptors (Lipinski definition) is 3. The van der Waals surface area contributed by atoms with E-state index in [0.717, 1.165) is 6.42 Å². The number of nitrogens with one attached hydrogen (secondary N) is 1. The van der Waals surface area contributed by atoms with E-state index in [9.17, 15) is 0 Å². The summed E-state index contributed by atoms with van der Waals surface area (Å²) in [5.74, 6) is 0. The van der Waals surface area contributed by atoms with Crippen LogP contribution >= 0.6 is 0 Å². The van der Waals surface area contributed by atoms with Gasteiger partial charge in [-0.3, -0.25) is 0 Å². The fraction of sp³-hybridized carbons (Fsp3) is 0.875. The van der Waals surface area contributed by atoms with Gasteiger partial charge in [-0.2, -0.15) is 5.26 Å². The van der Waals surface area contributed by atoms with E-state index in [2.05, 4.69) is 11.4 Å². The van der Waals surface area contributed by atoms with Crippen LogP contribution in [0.3, 0.4) is 0 Å². The molecular weight excluding hydrogens is 140 g/mol. The number of nitriles is 1. The largest absolute Gasteiger partial charge is 0.372 e. The number of rotatable bonds is 1. The summed E-state index contributed by atoms with van der Waals surface area (Å²) in [5, 5.41) is 11.9. The zero-order valence-corrected chi connectivity index (χ0v) is 7.27. The Morgan fingerprint density at radius 2 is 2.18 bits per heavy atom. The fourth-order valence-corrected chi connectivity index (χ4v) is 1.44. The van der Waals surface area contributed by atoms with Gasteiger partial charge >= 0.3 is 0 Å². The van der Waals surface area contributed by atoms with Crippen molar-refractivity contribution in [2.24, 2.45) is 0 Å². The van der Waals surface area contributed by atoms with Gasteiger partial charge in [0.2, 0.25) is 0 Å². The molecule has 3 nitrogen and oxygen atoms in total. The van der Waals surface area contributed by atoms with Gasteiger partial charge in [0.25, 0.3) is 0 Å². The van der Waals surface area contributed by atoms with Crippen molar-refractivity contribution in [1.29, 1.82) is 5.26 Å². The van der Waals surface area contributed by atoms with E-state index in [0.29, 0.717) is 6.61 Å². The maximum atomic E-state index is 8.86. The van der Waals surface area contributed by atoms with Crippen LogP contribution in [0.5, 0.6) is 0 Å². The van der Waals surface area contributed by atoms with E-state index >= 15 is 0 Å². The third kappa shape index (κ3) is 1.52. The molecule has 1 aliphatic rings. The quantitative estimate of drug-likeness (QED) is 0.603. The highest BCUT2D eigenvalue weighted by molar-refractivity contribution is 5.12. The van der Waals surface area contributed by atoms with Gasteiger partial charge < -0.3 is 10.1 Å². The van der Waals surface area contributed by atoms with E-state index in [1.54, 1.807) is 7.05 Å². The summed E-state index contributed by atoms with van der Waals surface area (Å²) < 4.78 is 5.45. The van der Waals surface area contributed by atoms with Gasteiger partial charge in [0, 0.05) is 6.42 Å². The lowest BCUT2D eigenvalue weighted by atomic mass is 9.92. The lowest BCUT2D eigenvalue weighted by Gasteiger charge is -2.19. The van der Waals surface area contributed by atoms with Gasteiger partial charge in [0.15, 0.2) is 0 Å². The van der Waals surface area contributed by atoms with Crippen molar-refractivity contribution in [2.75, 3.05) is 13.7 Å². The Morgan fingerprint density at radius 1 is 1.55 bits per heavy atom. The van der Waals surface area contributed by atoms with Gasteiger partial charge in [0.05, 0.1) is 18.3 Å². The molecule has 0 aromatic heterocycles. The summed E-state index contributed by atoms with van der Waals surface area (Å²) in [5.41, 5.74) is -0.609. The normalized spacial score (nSPS) is 35.1. The Morgan fingerprint density at radius 3 is 2.36 bits per heavy atom. The van der Waals surface area contributed by atoms with Crippen molar-refractivity contribution >= 4 is 0 Å². The molecule has 0 amide bonds. The predicted molar refractivity (Wildman–Crippen MR) is 42.1 cm³/mol. The summed E-state index contributed by atoms with van der Waals surface area (Å²) in [4.78, 5) is 0. The van der Waals surface area contributed by atoms with Crippen LogP contribution in [0, 0.1) is 11.3 Å². The van der Waals surface area contributed by atoms with E-state index in [4.69, 9.17) is 10.00 Å². The van der Waals surface area contributed by atoms with Crippen LogP contribution in [0.1, 0.15) is 20.3 Å². The highest BCUT2D eigenvalue weighted by atomic mass is 16.5. The van der Waals surface area contributed by atoms with E-state index in [1.165, 1.54) is 0 Å². The van der Waals surface area contributed by atoms with Gasteiger partial charge in [-0.25, -0.2) is 0 Å². The predicted octanol–water partition coefficient (Wildman–Crippen LogP) is 0.667. The molecule has 62 valence electrons. The van der Waals surface area contributed by atoms with E-state index < -0.39 is 5.54 Å². The van der Waals surface area contributed by atoms with Crippen LogP contribution < -0.4 is 5.32 Å². The first kappa shape index (κ1) is 8.51. The molecule has 1 saturated heterocycles. The SMILES string of the molecule is CNC1(C#N)COC(C)(C)C1. The van der Waals surface area contributed by atoms with Crippen molar-refractivity contribution in [1.82, 2.24) is 5.32 Å². The molecule has 1 N–H and O–H groups in total. The molecule has 1 fully saturated rings. The highest BCUT2D eigenvalue weighted by Crippen LogP contribution is 2.31. The first-order chi connectivity index (χ1) is 5.04. The Balaban J connectivity index is 2.72. The minimum Gasteiger partial charge on any atom is -0.372 e. The van der Waals surface area contributed by atoms with Gasteiger partial charge in [-0.15, -0.1) is 0 Å². The molecule has 1 atom stereocenters. The minimum absolute atomic E-state index is 0.154. The summed E-state index contributed by atoms with van der Waals surface area (Å²) in [6.45, 7) is 4.50. The van der Waals surface area contributed by atoms with Gasteiger partial charge in [-0.1, -0.05) is 0 Å². The first-order valence-corrected chi connectivity index (χ1v) is 3.78. The molecule has 0 bridgehead atoms. The molecule has 1 rings (SSSR count). The fourth-order valence-electron chi connectivity index (χ4n) is 1.44. The van der Waals surface area contributed by atoms with Crippen molar-refractivity contribution in [3.05, 3.63) is 0 Å². The van der Waals surface area contributed by atoms with Crippen LogP contribution in [0.4, 0.5) is 0 Å². The molecule has 0 radical (unpaired) electrons. The number of hydrogen-bond donors (Lipinski definition) is 1. The second kappa shape index (κ2) is 2.47. The Kier molecular flexibility index (Phi) is 1.91. The van der Waals surface area contributed by atoms with Crippen molar-refractivity contribution in [3.8, 4) is 6.07 Å². The second-order valence-electron chi connectivity index (χ2n) is 3.67. The zero-order valence-electron chi connectivity index (χ0n) is 7.27. The van der Waals surface area contributed by atoms with E-state index in [1.807, 2.05) is 13.8 Å². The van der Waals surface area contributed by atoms with Crippen molar-refractivity contribution < 1.29 is 4.74 Å². The molecule has 11 heavy (non-hydrogen) atoms. The molecule has 1 unspecified atom stereocenters. The molecule has 0 aromatic rings. The maximum Gasteiger partial charge on any atom is 0.132 e. The molecular formula is C8H14N2O. The lowest BCUT2D eigenvalue weighted by Crippen LogP contribution is -2.42. The molecule has 1 aliphatic heterocycles. The summed E-state index contributed by atoms with van der Waals surface area (Å²) in [7, 11) is 1.80. The third-order valence-electron chi connectivity index (χ3n) is 2.13. The number of likely N-dealkylation sites (N-methyl/N-ethyl adjacent to an activating group) is 1. The summed E-state index contributed by atoms with van der Waals surface area (Å²) in [6, 6.07) is 2.25. The van der Waals surface area contributed by atoms with Crippen molar-refractivity contribution in [2.45, 2.75) is 31.4 Å². The smallest absolute Gasteiger partial charge is 0.132 e. The molecule has 0 spiro atoms. The summed E-state index contributed by atoms with van der Waals surface area (Å²) >= 11 is 0. The Labute approximate surface area is 67.3 Å². The van der Waals surface area contributed by atoms with Crippen LogP contribution in [-0.2, 0) is 4.74 Å². The van der Waals surface area contributed by atoms with Crippen LogP contribution in [-0.4, -0.2) is 24.8 Å². The molecule has 0 saturated carbocycles. The minimum atomic E-state index is -0.455.